The number of urea groups is 1. The third kappa shape index (κ3) is 4.38. The van der Waals surface area contributed by atoms with Crippen LogP contribution in [-0.4, -0.2) is 67.8 Å². The minimum absolute atomic E-state index is 0.0216. The van der Waals surface area contributed by atoms with E-state index < -0.39 is 35.9 Å². The Morgan fingerprint density at radius 1 is 1.26 bits per heavy atom. The van der Waals surface area contributed by atoms with Crippen molar-refractivity contribution in [1.29, 1.82) is 0 Å². The highest BCUT2D eigenvalue weighted by Crippen LogP contribution is 2.34. The molecule has 35 heavy (non-hydrogen) atoms. The van der Waals surface area contributed by atoms with Gasteiger partial charge in [-0.15, -0.1) is 11.3 Å². The average molecular weight is 498 g/mol. The van der Waals surface area contributed by atoms with E-state index in [0.717, 1.165) is 16.2 Å². The van der Waals surface area contributed by atoms with Gasteiger partial charge in [-0.25, -0.2) is 19.5 Å². The van der Waals surface area contributed by atoms with Crippen molar-refractivity contribution in [3.8, 4) is 11.5 Å². The van der Waals surface area contributed by atoms with Gasteiger partial charge in [0.2, 0.25) is 0 Å². The van der Waals surface area contributed by atoms with Gasteiger partial charge in [0.05, 0.1) is 6.54 Å². The van der Waals surface area contributed by atoms with Crippen LogP contribution in [0.3, 0.4) is 0 Å². The van der Waals surface area contributed by atoms with Gasteiger partial charge < -0.3 is 25.2 Å². The van der Waals surface area contributed by atoms with Gasteiger partial charge in [-0.3, -0.25) is 14.3 Å². The number of carbonyl (C=O) groups is 4. The van der Waals surface area contributed by atoms with Gasteiger partial charge in [0.25, 0.3) is 11.8 Å². The van der Waals surface area contributed by atoms with Crippen molar-refractivity contribution < 1.29 is 33.8 Å². The number of benzene rings is 1. The zero-order chi connectivity index (χ0) is 24.5. The van der Waals surface area contributed by atoms with E-state index in [1.807, 2.05) is 0 Å². The fourth-order valence-electron chi connectivity index (χ4n) is 3.74. The van der Waals surface area contributed by atoms with Crippen molar-refractivity contribution in [2.75, 3.05) is 18.5 Å². The lowest BCUT2D eigenvalue weighted by Gasteiger charge is -2.24. The first kappa shape index (κ1) is 22.3. The smallest absolute Gasteiger partial charge is 0.355 e. The Morgan fingerprint density at radius 3 is 2.77 bits per heavy atom. The molecule has 1 aromatic carbocycles. The molecule has 13 nitrogen and oxygen atoms in total. The summed E-state index contributed by atoms with van der Waals surface area (Å²) in [6, 6.07) is 3.47. The molecule has 4 heterocycles. The first-order valence-electron chi connectivity index (χ1n) is 10.4. The van der Waals surface area contributed by atoms with Crippen molar-refractivity contribution in [3.63, 3.8) is 0 Å². The molecule has 180 valence electrons. The molecule has 0 bridgehead atoms. The molecule has 5 rings (SSSR count). The summed E-state index contributed by atoms with van der Waals surface area (Å²) >= 11 is 0.910. The van der Waals surface area contributed by atoms with Gasteiger partial charge in [-0.05, 0) is 23.8 Å². The van der Waals surface area contributed by atoms with E-state index in [1.54, 1.807) is 30.5 Å². The lowest BCUT2D eigenvalue weighted by Crippen LogP contribution is -2.50. The van der Waals surface area contributed by atoms with Crippen molar-refractivity contribution in [2.24, 2.45) is 0 Å². The molecule has 2 atom stereocenters. The van der Waals surface area contributed by atoms with E-state index in [2.05, 4.69) is 20.7 Å². The quantitative estimate of drug-likeness (QED) is 0.405. The highest BCUT2D eigenvalue weighted by atomic mass is 32.1. The maximum atomic E-state index is 13.4. The molecule has 4 amide bonds. The Kier molecular flexibility index (Phi) is 5.78. The highest BCUT2D eigenvalue weighted by molar-refractivity contribution is 7.14. The number of rotatable bonds is 7. The Labute approximate surface area is 201 Å². The van der Waals surface area contributed by atoms with E-state index in [1.165, 1.54) is 16.3 Å². The second kappa shape index (κ2) is 9.06. The van der Waals surface area contributed by atoms with Crippen LogP contribution in [0.1, 0.15) is 22.1 Å². The fourth-order valence-corrected chi connectivity index (χ4v) is 4.43. The SMILES string of the molecule is O=C(O)c1csc(NC(=O)C(Cn2cccn2)N2C(=O)N[C@H](c3ccc4c(c3)OCCO4)C2=O)n1. The molecule has 3 aromatic rings. The summed E-state index contributed by atoms with van der Waals surface area (Å²) < 4.78 is 12.5. The zero-order valence-electron chi connectivity index (χ0n) is 17.9. The number of amides is 4. The number of aromatic nitrogens is 3. The van der Waals surface area contributed by atoms with Crippen molar-refractivity contribution >= 4 is 40.3 Å². The minimum Gasteiger partial charge on any atom is -0.486 e. The average Bonchev–Trinajstić information content (AvgIpc) is 3.59. The van der Waals surface area contributed by atoms with Gasteiger partial charge in [0.15, 0.2) is 22.3 Å². The predicted octanol–water partition coefficient (Wildman–Crippen LogP) is 1.11. The van der Waals surface area contributed by atoms with Gasteiger partial charge in [0.1, 0.15) is 25.3 Å². The van der Waals surface area contributed by atoms with Crippen LogP contribution >= 0.6 is 11.3 Å². The summed E-state index contributed by atoms with van der Waals surface area (Å²) in [6.45, 7) is 0.652. The molecule has 0 spiro atoms. The molecule has 1 saturated heterocycles. The van der Waals surface area contributed by atoms with E-state index in [-0.39, 0.29) is 17.4 Å². The maximum Gasteiger partial charge on any atom is 0.355 e. The van der Waals surface area contributed by atoms with Crippen LogP contribution in [0.25, 0.3) is 0 Å². The van der Waals surface area contributed by atoms with Gasteiger partial charge in [-0.1, -0.05) is 6.07 Å². The summed E-state index contributed by atoms with van der Waals surface area (Å²) in [6.07, 6.45) is 3.09. The third-order valence-electron chi connectivity index (χ3n) is 5.36. The fraction of sp³-hybridized carbons (Fsp3) is 0.238. The number of imide groups is 1. The van der Waals surface area contributed by atoms with E-state index in [4.69, 9.17) is 14.6 Å². The number of hydrogen-bond acceptors (Lipinski definition) is 9. The normalized spacial score (nSPS) is 17.7. The summed E-state index contributed by atoms with van der Waals surface area (Å²) in [5.74, 6) is -1.61. The van der Waals surface area contributed by atoms with Crippen molar-refractivity contribution in [3.05, 3.63) is 53.3 Å². The number of carbonyl (C=O) groups excluding carboxylic acids is 3. The lowest BCUT2D eigenvalue weighted by atomic mass is 10.1. The molecule has 3 N–H and O–H groups in total. The maximum absolute atomic E-state index is 13.4. The molecule has 1 fully saturated rings. The van der Waals surface area contributed by atoms with Gasteiger partial charge in [-0.2, -0.15) is 5.10 Å². The number of fused-ring (bicyclic) bond motifs is 1. The number of carboxylic acids is 1. The number of nitrogens with zero attached hydrogens (tertiary/aromatic N) is 4. The van der Waals surface area contributed by atoms with Crippen LogP contribution in [0.4, 0.5) is 9.93 Å². The highest BCUT2D eigenvalue weighted by Gasteiger charge is 2.46. The number of nitrogens with one attached hydrogen (secondary N) is 2. The molecule has 1 unspecified atom stereocenters. The van der Waals surface area contributed by atoms with E-state index in [0.29, 0.717) is 30.3 Å². The first-order valence-corrected chi connectivity index (χ1v) is 11.3. The summed E-state index contributed by atoms with van der Waals surface area (Å²) in [5, 5.41) is 19.5. The molecule has 0 saturated carbocycles. The largest absolute Gasteiger partial charge is 0.486 e. The van der Waals surface area contributed by atoms with Gasteiger partial charge in [0, 0.05) is 17.8 Å². The molecule has 2 aliphatic rings. The molecular weight excluding hydrogens is 480 g/mol. The third-order valence-corrected chi connectivity index (χ3v) is 6.12. The Hall–Kier alpha value is -4.46. The summed E-state index contributed by atoms with van der Waals surface area (Å²) in [7, 11) is 0. The number of carboxylic acid groups (broad SMARTS) is 1. The lowest BCUT2D eigenvalue weighted by molar-refractivity contribution is -0.134. The second-order valence-corrected chi connectivity index (χ2v) is 8.43. The summed E-state index contributed by atoms with van der Waals surface area (Å²) in [4.78, 5) is 55.2. The molecule has 14 heteroatoms. The van der Waals surface area contributed by atoms with E-state index >= 15 is 0 Å². The van der Waals surface area contributed by atoms with Gasteiger partial charge >= 0.3 is 12.0 Å². The number of thiazole rings is 1. The minimum atomic E-state index is -1.29. The van der Waals surface area contributed by atoms with Crippen LogP contribution in [0.2, 0.25) is 0 Å². The van der Waals surface area contributed by atoms with Crippen LogP contribution in [-0.2, 0) is 16.1 Å². The van der Waals surface area contributed by atoms with Crippen LogP contribution in [0.15, 0.2) is 42.0 Å². The molecule has 2 aliphatic heterocycles. The standard InChI is InChI=1S/C21H18N6O7S/c28-17(25-20-23-12(10-35-20)19(30)31)13(9-26-5-1-4-22-26)27-18(29)16(24-21(27)32)11-2-3-14-15(8-11)34-7-6-33-14/h1-5,8,10,13,16H,6-7,9H2,(H,24,32)(H,30,31)(H,23,25,28)/t13?,16-/m1/s1. The summed E-state index contributed by atoms with van der Waals surface area (Å²) in [5.41, 5.74) is 0.238. The van der Waals surface area contributed by atoms with Crippen LogP contribution < -0.4 is 20.1 Å². The van der Waals surface area contributed by atoms with Crippen LogP contribution in [0, 0.1) is 0 Å². The monoisotopic (exact) mass is 498 g/mol. The zero-order valence-corrected chi connectivity index (χ0v) is 18.7. The molecule has 0 radical (unpaired) electrons. The molecular formula is C21H18N6O7S. The number of aromatic carboxylic acids is 1. The number of ether oxygens (including phenoxy) is 2. The van der Waals surface area contributed by atoms with Crippen molar-refractivity contribution in [1.82, 2.24) is 25.0 Å². The Balaban J connectivity index is 1.41. The van der Waals surface area contributed by atoms with Crippen molar-refractivity contribution in [2.45, 2.75) is 18.6 Å². The number of anilines is 1. The molecule has 2 aromatic heterocycles. The molecule has 0 aliphatic carbocycles. The van der Waals surface area contributed by atoms with Crippen LogP contribution in [0.5, 0.6) is 11.5 Å². The Morgan fingerprint density at radius 2 is 2.06 bits per heavy atom. The second-order valence-electron chi connectivity index (χ2n) is 7.57. The Bertz CT molecular complexity index is 1310. The predicted molar refractivity (Wildman–Crippen MR) is 119 cm³/mol. The topological polar surface area (TPSA) is 165 Å². The number of hydrogen-bond donors (Lipinski definition) is 3. The van der Waals surface area contributed by atoms with E-state index in [9.17, 15) is 19.2 Å². The first-order chi connectivity index (χ1) is 16.9.